The van der Waals surface area contributed by atoms with Crippen molar-refractivity contribution in [3.05, 3.63) is 99.0 Å². The maximum absolute atomic E-state index is 16.2. The molecule has 5 rings (SSSR count). The van der Waals surface area contributed by atoms with Crippen LogP contribution in [0.25, 0.3) is 5.69 Å². The summed E-state index contributed by atoms with van der Waals surface area (Å²) < 4.78 is 86.7. The average molecular weight is 773 g/mol. The highest BCUT2D eigenvalue weighted by Gasteiger charge is 2.39. The van der Waals surface area contributed by atoms with Gasteiger partial charge in [0.15, 0.2) is 17.4 Å². The van der Waals surface area contributed by atoms with Crippen LogP contribution in [0, 0.1) is 5.82 Å². The largest absolute Gasteiger partial charge is 0.490 e. The second kappa shape index (κ2) is 17.6. The molecule has 21 heteroatoms. The number of nitrogen functional groups attached to an aromatic ring is 1. The molecule has 4 aromatic rings. The molecule has 1 aliphatic rings. The molecular formula is C33H35F7N8O6. The number of aliphatic carboxylic acids is 2. The van der Waals surface area contributed by atoms with E-state index in [1.54, 1.807) is 36.4 Å². The zero-order chi connectivity index (χ0) is 40.5. The Morgan fingerprint density at radius 1 is 1.02 bits per heavy atom. The minimum Gasteiger partial charge on any atom is -0.489 e. The number of carboxylic acid groups (broad SMARTS) is 2. The standard InChI is InChI=1S/C29H33FN8O2.2C2HF3O2/c1-4-17-13-21(25(30)24(14-17)40-12-11-37(2)3)26(34-19-9-10-20-18(15-19)16-33-27(20)32)28-35-29(39)38(36-28)23-8-6-5-7-22(23)31;2*3-2(4,5)1(6)7/h5-10,13-15,26,34H,4,11-12,16,31H2,1-3H3,(H2,32,33)(H,35,36,39);2*(H,6,7). The number of carboxylic acids is 2. The van der Waals surface area contributed by atoms with Crippen molar-refractivity contribution in [2.45, 2.75) is 38.3 Å². The molecule has 0 fully saturated rings. The van der Waals surface area contributed by atoms with E-state index in [4.69, 9.17) is 36.0 Å². The Labute approximate surface area is 301 Å². The van der Waals surface area contributed by atoms with Crippen LogP contribution in [0.5, 0.6) is 5.75 Å². The molecule has 0 amide bonds. The number of rotatable bonds is 10. The first-order valence-corrected chi connectivity index (χ1v) is 15.6. The molecule has 0 saturated heterocycles. The molecule has 8 N–H and O–H groups in total. The summed E-state index contributed by atoms with van der Waals surface area (Å²) in [7, 11) is 3.85. The SMILES string of the molecule is CCc1cc(OCCN(C)C)c(F)c(C(Nc2ccc3c(c2)CN=C3N)c2nn(-c3ccccc3N)c(=O)[nH]2)c1.O=C(O)C(F)(F)F.O=C(O)C(F)(F)F. The molecule has 2 heterocycles. The lowest BCUT2D eigenvalue weighted by atomic mass is 9.99. The Balaban J connectivity index is 0.000000476. The number of likely N-dealkylation sites (N-methyl/N-ethyl adjacent to an activating group) is 1. The van der Waals surface area contributed by atoms with Gasteiger partial charge >= 0.3 is 30.0 Å². The lowest BCUT2D eigenvalue weighted by molar-refractivity contribution is -0.193. The van der Waals surface area contributed by atoms with Crippen LogP contribution in [0.15, 0.2) is 64.4 Å². The van der Waals surface area contributed by atoms with Gasteiger partial charge in [0.25, 0.3) is 0 Å². The van der Waals surface area contributed by atoms with E-state index in [0.717, 1.165) is 16.7 Å². The number of H-pyrrole nitrogens is 1. The third-order valence-electron chi connectivity index (χ3n) is 7.31. The van der Waals surface area contributed by atoms with Crippen molar-refractivity contribution >= 4 is 29.1 Å². The van der Waals surface area contributed by atoms with Gasteiger partial charge in [-0.05, 0) is 68.0 Å². The van der Waals surface area contributed by atoms with Gasteiger partial charge in [0.2, 0.25) is 0 Å². The number of aryl methyl sites for hydroxylation is 1. The maximum Gasteiger partial charge on any atom is 0.490 e. The highest BCUT2D eigenvalue weighted by molar-refractivity contribution is 6.01. The first kappa shape index (κ1) is 42.3. The fraction of sp³-hybridized carbons (Fsp3) is 0.303. The summed E-state index contributed by atoms with van der Waals surface area (Å²) in [4.78, 5) is 39.9. The molecule has 1 aromatic heterocycles. The average Bonchev–Trinajstić information content (AvgIpc) is 3.65. The summed E-state index contributed by atoms with van der Waals surface area (Å²) in [5.41, 5.74) is 16.1. The zero-order valence-corrected chi connectivity index (χ0v) is 28.7. The van der Waals surface area contributed by atoms with E-state index >= 15 is 4.39 Å². The van der Waals surface area contributed by atoms with Gasteiger partial charge in [-0.1, -0.05) is 25.1 Å². The Morgan fingerprint density at radius 2 is 1.63 bits per heavy atom. The van der Waals surface area contributed by atoms with Gasteiger partial charge in [0.1, 0.15) is 18.5 Å². The van der Waals surface area contributed by atoms with Gasteiger partial charge in [-0.25, -0.2) is 18.8 Å². The number of benzene rings is 3. The number of fused-ring (bicyclic) bond motifs is 1. The summed E-state index contributed by atoms with van der Waals surface area (Å²) in [5, 5.41) is 22.2. The molecule has 0 aliphatic carbocycles. The molecule has 1 unspecified atom stereocenters. The summed E-state index contributed by atoms with van der Waals surface area (Å²) in [6.07, 6.45) is -9.51. The molecule has 0 bridgehead atoms. The first-order chi connectivity index (χ1) is 25.1. The molecule has 0 radical (unpaired) electrons. The van der Waals surface area contributed by atoms with Crippen LogP contribution < -0.4 is 27.2 Å². The van der Waals surface area contributed by atoms with Crippen molar-refractivity contribution in [1.82, 2.24) is 19.7 Å². The van der Waals surface area contributed by atoms with Gasteiger partial charge in [-0.15, -0.1) is 5.10 Å². The molecule has 0 spiro atoms. The monoisotopic (exact) mass is 772 g/mol. The number of halogens is 7. The number of anilines is 2. The summed E-state index contributed by atoms with van der Waals surface area (Å²) in [5.74, 6) is -5.19. The quantitative estimate of drug-likeness (QED) is 0.0977. The second-order valence-electron chi connectivity index (χ2n) is 11.5. The van der Waals surface area contributed by atoms with Crippen LogP contribution in [0.2, 0.25) is 0 Å². The van der Waals surface area contributed by atoms with Crippen molar-refractivity contribution in [3.63, 3.8) is 0 Å². The van der Waals surface area contributed by atoms with E-state index in [9.17, 15) is 31.1 Å². The summed E-state index contributed by atoms with van der Waals surface area (Å²) >= 11 is 0. The Hall–Kier alpha value is -6.12. The third-order valence-corrected chi connectivity index (χ3v) is 7.31. The van der Waals surface area contributed by atoms with Crippen molar-refractivity contribution in [3.8, 4) is 11.4 Å². The molecule has 0 saturated carbocycles. The third kappa shape index (κ3) is 11.2. The Morgan fingerprint density at radius 3 is 2.19 bits per heavy atom. The summed E-state index contributed by atoms with van der Waals surface area (Å²) in [6, 6.07) is 15.2. The molecule has 292 valence electrons. The van der Waals surface area contributed by atoms with Crippen molar-refractivity contribution in [1.29, 1.82) is 0 Å². The van der Waals surface area contributed by atoms with Gasteiger partial charge in [-0.2, -0.15) is 31.0 Å². The van der Waals surface area contributed by atoms with Crippen LogP contribution in [0.3, 0.4) is 0 Å². The van der Waals surface area contributed by atoms with Gasteiger partial charge in [0.05, 0.1) is 17.9 Å². The lowest BCUT2D eigenvalue weighted by Crippen LogP contribution is -2.21. The molecule has 54 heavy (non-hydrogen) atoms. The number of alkyl halides is 6. The highest BCUT2D eigenvalue weighted by Crippen LogP contribution is 2.34. The highest BCUT2D eigenvalue weighted by atomic mass is 19.4. The zero-order valence-electron chi connectivity index (χ0n) is 28.7. The van der Waals surface area contributed by atoms with Gasteiger partial charge in [-0.3, -0.25) is 9.98 Å². The second-order valence-corrected chi connectivity index (χ2v) is 11.5. The van der Waals surface area contributed by atoms with E-state index in [2.05, 4.69) is 20.4 Å². The molecular weight excluding hydrogens is 737 g/mol. The number of carbonyl (C=O) groups is 2. The number of aromatic amines is 1. The van der Waals surface area contributed by atoms with E-state index in [-0.39, 0.29) is 17.1 Å². The number of hydrogen-bond acceptors (Lipinski definition) is 10. The van der Waals surface area contributed by atoms with Crippen LogP contribution in [0.1, 0.15) is 41.0 Å². The minimum absolute atomic E-state index is 0.146. The number of aliphatic imine (C=N–C) groups is 1. The van der Waals surface area contributed by atoms with E-state index in [1.807, 2.05) is 44.1 Å². The van der Waals surface area contributed by atoms with Crippen LogP contribution in [-0.2, 0) is 22.6 Å². The van der Waals surface area contributed by atoms with Crippen molar-refractivity contribution in [2.24, 2.45) is 10.7 Å². The number of ether oxygens (including phenoxy) is 1. The molecule has 3 aromatic carbocycles. The maximum atomic E-state index is 16.2. The van der Waals surface area contributed by atoms with Crippen LogP contribution in [0.4, 0.5) is 42.1 Å². The van der Waals surface area contributed by atoms with Gasteiger partial charge < -0.3 is 36.6 Å². The van der Waals surface area contributed by atoms with Crippen molar-refractivity contribution in [2.75, 3.05) is 38.3 Å². The number of nitrogens with two attached hydrogens (primary N) is 2. The number of amidine groups is 1. The smallest absolute Gasteiger partial charge is 0.489 e. The number of aromatic nitrogens is 3. The van der Waals surface area contributed by atoms with E-state index in [0.29, 0.717) is 49.0 Å². The molecule has 14 nitrogen and oxygen atoms in total. The number of nitrogens with one attached hydrogen (secondary N) is 2. The van der Waals surface area contributed by atoms with E-state index < -0.39 is 41.8 Å². The van der Waals surface area contributed by atoms with Crippen LogP contribution >= 0.6 is 0 Å². The van der Waals surface area contributed by atoms with Gasteiger partial charge in [0, 0.05) is 23.4 Å². The molecule has 1 aliphatic heterocycles. The first-order valence-electron chi connectivity index (χ1n) is 15.6. The predicted octanol–water partition coefficient (Wildman–Crippen LogP) is 4.47. The number of nitrogens with zero attached hydrogens (tertiary/aromatic N) is 4. The van der Waals surface area contributed by atoms with Crippen molar-refractivity contribution < 1.29 is 55.3 Å². The lowest BCUT2D eigenvalue weighted by Gasteiger charge is -2.22. The normalized spacial score (nSPS) is 12.8. The Bertz CT molecular complexity index is 2020. The fourth-order valence-electron chi connectivity index (χ4n) is 4.63. The topological polar surface area (TPSA) is 214 Å². The predicted molar refractivity (Wildman–Crippen MR) is 182 cm³/mol. The number of hydrogen-bond donors (Lipinski definition) is 6. The fourth-order valence-corrected chi connectivity index (χ4v) is 4.63. The number of para-hydroxylation sites is 2. The van der Waals surface area contributed by atoms with Crippen LogP contribution in [-0.4, -0.2) is 87.3 Å². The Kier molecular flexibility index (Phi) is 13.8. The van der Waals surface area contributed by atoms with E-state index in [1.165, 1.54) is 4.68 Å². The molecule has 1 atom stereocenters. The summed E-state index contributed by atoms with van der Waals surface area (Å²) in [6.45, 7) is 3.40. The minimum atomic E-state index is -5.08.